The lowest BCUT2D eigenvalue weighted by molar-refractivity contribution is -0.120. The molecule has 4 heterocycles. The molecule has 1 saturated heterocycles. The van der Waals surface area contributed by atoms with Crippen molar-refractivity contribution in [1.82, 2.24) is 44.0 Å². The Morgan fingerprint density at radius 1 is 0.739 bits per heavy atom. The zero-order valence-electron chi connectivity index (χ0n) is 67.7. The van der Waals surface area contributed by atoms with Crippen LogP contribution in [-0.4, -0.2) is 166 Å². The molecule has 3 aromatic heterocycles. The number of terminal acetylenes is 1. The molecule has 2 aliphatic rings. The molecule has 1 aliphatic heterocycles. The Labute approximate surface area is 693 Å². The number of phosphoric acid groups is 1. The van der Waals surface area contributed by atoms with Gasteiger partial charge in [-0.15, -0.1) is 12.3 Å². The zero-order valence-corrected chi connectivity index (χ0v) is 69.5. The van der Waals surface area contributed by atoms with Gasteiger partial charge in [0.05, 0.1) is 65.6 Å². The Balaban J connectivity index is 0.778. The summed E-state index contributed by atoms with van der Waals surface area (Å²) >= 11 is 0. The number of aromatic nitrogens is 6. The first-order chi connectivity index (χ1) is 57.7. The van der Waals surface area contributed by atoms with E-state index in [1.165, 1.54) is 34.4 Å². The molecule has 0 saturated carbocycles. The van der Waals surface area contributed by atoms with Gasteiger partial charge in [0, 0.05) is 75.7 Å². The molecule has 7 aromatic carbocycles. The molecule has 1 fully saturated rings. The molecule has 0 radical (unpaired) electrons. The molecule has 5 N–H and O–H groups in total. The van der Waals surface area contributed by atoms with Gasteiger partial charge in [0.1, 0.15) is 61.0 Å². The number of nitrogens with two attached hydrogens (primary N) is 1. The van der Waals surface area contributed by atoms with Crippen LogP contribution in [0.1, 0.15) is 122 Å². The topological polar surface area (TPSA) is 334 Å². The summed E-state index contributed by atoms with van der Waals surface area (Å²) in [6.07, 6.45) is 4.63. The standard InChI is InChI=1S/C88H100N12O17P2/c1-10-11-48-112-118(100(59(2)3)60(4)5)116-75-51-81(99-47-44-78(95-86(99)104)94-79(101)31-22-46-97(7)87(105)109-53-74-72-29-20-18-27-70(72)71-28-19-21-30-73(71)74)115-77(75)55-114-119(106,113-49-45-89)117-61(6)76(54-111-88(65-25-16-13-17-26-65,66-36-40-68(107-8)41-37-66)67-38-42-69(108-9)43-39-67)110-58-98-57-93-82-83(91-56-92-84(82)98)96-85(103)64-34-32-63(33-35-64)52-90-80(102)50-62-23-14-12-15-24-62/h1,12-21,23-30,32-44,47,56-57,59-61,74-77,81H,11,22,31,45-46,48-55,58,89H2,2-9H3,(H,90,102)(H,91,92,96,103)(H,94,95,101,104)/t61?,75?,76-,77-,81?,118?,119?/m1/s1. The molecule has 12 rings (SSSR count). The van der Waals surface area contributed by atoms with Crippen molar-refractivity contribution >= 4 is 63.0 Å². The van der Waals surface area contributed by atoms with Crippen LogP contribution in [-0.2, 0) is 81.0 Å². The van der Waals surface area contributed by atoms with Crippen LogP contribution in [0.25, 0.3) is 22.3 Å². The number of imidazole rings is 1. The van der Waals surface area contributed by atoms with Crippen LogP contribution in [0.3, 0.4) is 0 Å². The number of anilines is 2. The van der Waals surface area contributed by atoms with Gasteiger partial charge in [-0.1, -0.05) is 146 Å². The van der Waals surface area contributed by atoms with Gasteiger partial charge in [0.15, 0.2) is 17.0 Å². The molecule has 4 amide bonds. The zero-order chi connectivity index (χ0) is 84.0. The second kappa shape index (κ2) is 41.6. The number of methoxy groups -OCH3 is 2. The molecule has 7 atom stereocenters. The molecule has 1 aliphatic carbocycles. The van der Waals surface area contributed by atoms with Crippen molar-refractivity contribution in [2.24, 2.45) is 5.73 Å². The molecule has 5 unspecified atom stereocenters. The highest BCUT2D eigenvalue weighted by Crippen LogP contribution is 2.54. The van der Waals surface area contributed by atoms with Crippen molar-refractivity contribution in [2.75, 3.05) is 78.0 Å². The van der Waals surface area contributed by atoms with Crippen LogP contribution >= 0.6 is 16.3 Å². The highest BCUT2D eigenvalue weighted by atomic mass is 31.2. The lowest BCUT2D eigenvalue weighted by Crippen LogP contribution is -2.40. The fourth-order valence-corrected chi connectivity index (χ4v) is 17.4. The van der Waals surface area contributed by atoms with Crippen molar-refractivity contribution in [3.63, 3.8) is 0 Å². The van der Waals surface area contributed by atoms with E-state index in [0.717, 1.165) is 38.9 Å². The highest BCUT2D eigenvalue weighted by Gasteiger charge is 2.46. The van der Waals surface area contributed by atoms with Gasteiger partial charge in [-0.05, 0) is 134 Å². The number of nitrogens with zero attached hydrogens (tertiary/aromatic N) is 8. The maximum absolute atomic E-state index is 15.8. The number of nitrogens with one attached hydrogen (secondary N) is 3. The summed E-state index contributed by atoms with van der Waals surface area (Å²) in [6, 6.07) is 58.2. The summed E-state index contributed by atoms with van der Waals surface area (Å²) in [5, 5.41) is 8.52. The van der Waals surface area contributed by atoms with Gasteiger partial charge >= 0.3 is 19.6 Å². The van der Waals surface area contributed by atoms with Crippen molar-refractivity contribution < 1.29 is 74.8 Å². The van der Waals surface area contributed by atoms with E-state index in [0.29, 0.717) is 28.2 Å². The first-order valence-corrected chi connectivity index (χ1v) is 41.9. The van der Waals surface area contributed by atoms with Gasteiger partial charge in [-0.2, -0.15) is 4.98 Å². The summed E-state index contributed by atoms with van der Waals surface area (Å²) in [4.78, 5) is 86.9. The van der Waals surface area contributed by atoms with Gasteiger partial charge < -0.3 is 64.1 Å². The van der Waals surface area contributed by atoms with Gasteiger partial charge in [0.2, 0.25) is 11.8 Å². The van der Waals surface area contributed by atoms with Crippen LogP contribution in [0.2, 0.25) is 0 Å². The van der Waals surface area contributed by atoms with E-state index < -0.39 is 82.8 Å². The monoisotopic (exact) mass is 1660 g/mol. The number of phosphoric ester groups is 1. The van der Waals surface area contributed by atoms with Crippen LogP contribution in [0.4, 0.5) is 16.4 Å². The smallest absolute Gasteiger partial charge is 0.475 e. The Morgan fingerprint density at radius 3 is 2.01 bits per heavy atom. The Hall–Kier alpha value is -10.9. The minimum Gasteiger partial charge on any atom is -0.497 e. The molecule has 119 heavy (non-hydrogen) atoms. The van der Waals surface area contributed by atoms with E-state index in [1.54, 1.807) is 57.0 Å². The second-order valence-electron chi connectivity index (χ2n) is 29.0. The number of hydrogen-bond donors (Lipinski definition) is 4. The highest BCUT2D eigenvalue weighted by molar-refractivity contribution is 7.48. The number of amides is 4. The number of carbonyl (C=O) groups is 4. The number of fused-ring (bicyclic) bond motifs is 4. The van der Waals surface area contributed by atoms with E-state index in [-0.39, 0.29) is 132 Å². The van der Waals surface area contributed by atoms with Crippen LogP contribution in [0.15, 0.2) is 212 Å². The van der Waals surface area contributed by atoms with Gasteiger partial charge in [-0.25, -0.2) is 33.8 Å². The number of benzene rings is 7. The second-order valence-corrected chi connectivity index (χ2v) is 32.0. The van der Waals surface area contributed by atoms with E-state index in [4.69, 9.17) is 63.2 Å². The minimum atomic E-state index is -4.83. The van der Waals surface area contributed by atoms with E-state index >= 15 is 4.57 Å². The van der Waals surface area contributed by atoms with Crippen molar-refractivity contribution in [3.8, 4) is 35.0 Å². The van der Waals surface area contributed by atoms with Crippen molar-refractivity contribution in [1.29, 1.82) is 0 Å². The molecule has 624 valence electrons. The van der Waals surface area contributed by atoms with E-state index in [1.807, 2.05) is 161 Å². The maximum Gasteiger partial charge on any atom is 0.475 e. The average Bonchev–Trinajstić information content (AvgIpc) is 1.25. The van der Waals surface area contributed by atoms with Gasteiger partial charge in [0.25, 0.3) is 14.4 Å². The number of rotatable bonds is 42. The number of carbonyl (C=O) groups excluding carboxylic acids is 4. The molecular formula is C88H100N12O17P2. The SMILES string of the molecule is C#CCCOP(OC1CC(n2ccc(NC(=O)CCCN(C)C(=O)OCC3c4ccccc4-c4ccccc43)nc2=O)O[C@@H]1COP(=O)(OCCN)OC(C)[C@@H](COC(c1ccccc1)(c1ccc(OC)cc1)c1ccc(OC)cc1)OCn1cnc2c(NC(=O)c3ccc(CNC(=O)Cc4ccccc4)cc3)ncnc21)N(C(C)C)C(C)C. The lowest BCUT2D eigenvalue weighted by atomic mass is 9.80. The fraction of sp³-hybridized carbons (Fsp3) is 0.352. The van der Waals surface area contributed by atoms with Crippen molar-refractivity contribution in [2.45, 2.75) is 134 Å². The molecule has 29 nitrogen and oxygen atoms in total. The maximum atomic E-state index is 15.8. The largest absolute Gasteiger partial charge is 0.497 e. The normalized spacial score (nSPS) is 15.8. The third kappa shape index (κ3) is 22.1. The Kier molecular flexibility index (Phi) is 30.6. The molecule has 0 spiro atoms. The fourth-order valence-electron chi connectivity index (χ4n) is 14.3. The summed E-state index contributed by atoms with van der Waals surface area (Å²) in [7, 11) is -1.96. The van der Waals surface area contributed by atoms with Crippen LogP contribution < -0.4 is 36.8 Å². The molecule has 10 aromatic rings. The Bertz CT molecular complexity index is 5100. The van der Waals surface area contributed by atoms with Crippen molar-refractivity contribution in [3.05, 3.63) is 262 Å². The van der Waals surface area contributed by atoms with Crippen LogP contribution in [0.5, 0.6) is 11.5 Å². The predicted molar refractivity (Wildman–Crippen MR) is 450 cm³/mol. The first kappa shape index (κ1) is 87.4. The van der Waals surface area contributed by atoms with E-state index in [2.05, 4.69) is 70.7 Å². The van der Waals surface area contributed by atoms with Crippen LogP contribution in [0, 0.1) is 12.3 Å². The summed E-state index contributed by atoms with van der Waals surface area (Å²) in [5.41, 5.74) is 12.9. The average molecular weight is 1660 g/mol. The molecular weight excluding hydrogens is 1560 g/mol. The summed E-state index contributed by atoms with van der Waals surface area (Å²) in [5.74, 6) is 2.73. The summed E-state index contributed by atoms with van der Waals surface area (Å²) in [6.45, 7) is 8.90. The Morgan fingerprint density at radius 2 is 1.38 bits per heavy atom. The number of hydrogen-bond acceptors (Lipinski definition) is 23. The third-order valence-corrected chi connectivity index (χ3v) is 24.0. The molecule has 31 heteroatoms. The summed E-state index contributed by atoms with van der Waals surface area (Å²) < 4.78 is 91.4. The number of ether oxygens (including phenoxy) is 6. The predicted octanol–water partition coefficient (Wildman–Crippen LogP) is 13.7. The van der Waals surface area contributed by atoms with E-state index in [9.17, 15) is 24.0 Å². The van der Waals surface area contributed by atoms with Gasteiger partial charge in [-0.3, -0.25) is 37.1 Å². The lowest BCUT2D eigenvalue weighted by Gasteiger charge is -2.38. The quantitative estimate of drug-likeness (QED) is 0.0119. The first-order valence-electron chi connectivity index (χ1n) is 39.3. The minimum absolute atomic E-state index is 0.00857. The molecule has 0 bridgehead atoms. The third-order valence-electron chi connectivity index (χ3n) is 20.2.